The van der Waals surface area contributed by atoms with Gasteiger partial charge in [0.05, 0.1) is 0 Å². The van der Waals surface area contributed by atoms with Gasteiger partial charge in [-0.2, -0.15) is 0 Å². The summed E-state index contributed by atoms with van der Waals surface area (Å²) in [5.41, 5.74) is 2.02. The van der Waals surface area contributed by atoms with Crippen LogP contribution in [-0.4, -0.2) is 4.57 Å². The molecule has 0 unspecified atom stereocenters. The van der Waals surface area contributed by atoms with Gasteiger partial charge in [0.1, 0.15) is 11.5 Å². The lowest BCUT2D eigenvalue weighted by molar-refractivity contribution is 0.627. The molecule has 1 aromatic heterocycles. The summed E-state index contributed by atoms with van der Waals surface area (Å²) in [4.78, 5) is 12.0. The molecule has 1 N–H and O–H groups in total. The summed E-state index contributed by atoms with van der Waals surface area (Å²) in [5.74, 6) is -0.375. The first kappa shape index (κ1) is 13.6. The lowest BCUT2D eigenvalue weighted by Crippen LogP contribution is -2.22. The Labute approximate surface area is 115 Å². The Bertz CT molecular complexity index is 667. The summed E-state index contributed by atoms with van der Waals surface area (Å²) in [6.07, 6.45) is 0. The number of rotatable bonds is 3. The monoisotopic (exact) mass is 280 g/mol. The second kappa shape index (κ2) is 5.45. The standard InChI is InChI=1S/C14H14ClFN2O/c1-9-3-6-13(14(19)18(9)2)17-8-10-4-5-11(16)7-12(10)15/h3-7,17H,8H2,1-2H3. The van der Waals surface area contributed by atoms with E-state index in [4.69, 9.17) is 11.6 Å². The zero-order valence-electron chi connectivity index (χ0n) is 10.7. The summed E-state index contributed by atoms with van der Waals surface area (Å²) >= 11 is 5.93. The quantitative estimate of drug-likeness (QED) is 0.937. The van der Waals surface area contributed by atoms with E-state index in [1.165, 1.54) is 12.1 Å². The van der Waals surface area contributed by atoms with Crippen molar-refractivity contribution in [2.75, 3.05) is 5.32 Å². The second-order valence-corrected chi connectivity index (χ2v) is 4.75. The number of nitrogens with one attached hydrogen (secondary N) is 1. The molecule has 5 heteroatoms. The van der Waals surface area contributed by atoms with Gasteiger partial charge >= 0.3 is 0 Å². The van der Waals surface area contributed by atoms with Crippen LogP contribution in [0.4, 0.5) is 10.1 Å². The van der Waals surface area contributed by atoms with E-state index in [0.717, 1.165) is 11.3 Å². The molecule has 3 nitrogen and oxygen atoms in total. The van der Waals surface area contributed by atoms with Crippen LogP contribution in [-0.2, 0) is 13.6 Å². The number of hydrogen-bond donors (Lipinski definition) is 1. The average Bonchev–Trinajstić information content (AvgIpc) is 2.37. The molecule has 19 heavy (non-hydrogen) atoms. The van der Waals surface area contributed by atoms with Crippen LogP contribution in [0.5, 0.6) is 0 Å². The van der Waals surface area contributed by atoms with Crippen LogP contribution in [0.15, 0.2) is 35.1 Å². The predicted molar refractivity (Wildman–Crippen MR) is 75.2 cm³/mol. The van der Waals surface area contributed by atoms with E-state index in [-0.39, 0.29) is 11.4 Å². The van der Waals surface area contributed by atoms with Crippen LogP contribution in [0.2, 0.25) is 5.02 Å². The van der Waals surface area contributed by atoms with Gasteiger partial charge in [0.25, 0.3) is 5.56 Å². The lowest BCUT2D eigenvalue weighted by Gasteiger charge is -2.10. The number of benzene rings is 1. The topological polar surface area (TPSA) is 34.0 Å². The maximum Gasteiger partial charge on any atom is 0.273 e. The van der Waals surface area contributed by atoms with E-state index < -0.39 is 0 Å². The molecule has 1 heterocycles. The third-order valence-electron chi connectivity index (χ3n) is 3.04. The van der Waals surface area contributed by atoms with Gasteiger partial charge in [0.2, 0.25) is 0 Å². The van der Waals surface area contributed by atoms with Crippen LogP contribution in [0, 0.1) is 12.7 Å². The molecule has 1 aromatic carbocycles. The molecule has 0 aliphatic rings. The summed E-state index contributed by atoms with van der Waals surface area (Å²) in [7, 11) is 1.72. The third kappa shape index (κ3) is 2.96. The van der Waals surface area contributed by atoms with Crippen molar-refractivity contribution in [3.63, 3.8) is 0 Å². The van der Waals surface area contributed by atoms with Crippen molar-refractivity contribution in [1.29, 1.82) is 0 Å². The molecule has 0 atom stereocenters. The third-order valence-corrected chi connectivity index (χ3v) is 3.39. The fourth-order valence-electron chi connectivity index (χ4n) is 1.72. The van der Waals surface area contributed by atoms with E-state index in [1.807, 2.05) is 13.0 Å². The molecule has 0 aliphatic carbocycles. The van der Waals surface area contributed by atoms with E-state index >= 15 is 0 Å². The second-order valence-electron chi connectivity index (χ2n) is 4.34. The highest BCUT2D eigenvalue weighted by Crippen LogP contribution is 2.18. The first-order valence-corrected chi connectivity index (χ1v) is 6.21. The number of aromatic nitrogens is 1. The summed E-state index contributed by atoms with van der Waals surface area (Å²) in [6, 6.07) is 7.79. The Morgan fingerprint density at radius 2 is 2.05 bits per heavy atom. The molecule has 0 amide bonds. The fraction of sp³-hybridized carbons (Fsp3) is 0.214. The van der Waals surface area contributed by atoms with Gasteiger partial charge in [-0.25, -0.2) is 4.39 Å². The molecular formula is C14H14ClFN2O. The van der Waals surface area contributed by atoms with E-state index in [1.54, 1.807) is 23.7 Å². The molecule has 0 aliphatic heterocycles. The Balaban J connectivity index is 2.19. The van der Waals surface area contributed by atoms with Gasteiger partial charge in [-0.05, 0) is 36.8 Å². The van der Waals surface area contributed by atoms with Crippen LogP contribution in [0.25, 0.3) is 0 Å². The van der Waals surface area contributed by atoms with Gasteiger partial charge < -0.3 is 9.88 Å². The zero-order chi connectivity index (χ0) is 14.0. The number of pyridine rings is 1. The lowest BCUT2D eigenvalue weighted by atomic mass is 10.2. The first-order chi connectivity index (χ1) is 8.99. The largest absolute Gasteiger partial charge is 0.376 e. The molecule has 100 valence electrons. The van der Waals surface area contributed by atoms with Crippen molar-refractivity contribution < 1.29 is 4.39 Å². The van der Waals surface area contributed by atoms with Gasteiger partial charge in [-0.1, -0.05) is 17.7 Å². The number of anilines is 1. The zero-order valence-corrected chi connectivity index (χ0v) is 11.5. The Kier molecular flexibility index (Phi) is 3.90. The van der Waals surface area contributed by atoms with Crippen LogP contribution in [0.1, 0.15) is 11.3 Å². The Morgan fingerprint density at radius 1 is 1.32 bits per heavy atom. The average molecular weight is 281 g/mol. The Morgan fingerprint density at radius 3 is 2.74 bits per heavy atom. The maximum absolute atomic E-state index is 12.9. The minimum Gasteiger partial charge on any atom is -0.376 e. The highest BCUT2D eigenvalue weighted by molar-refractivity contribution is 6.31. The highest BCUT2D eigenvalue weighted by atomic mass is 35.5. The van der Waals surface area contributed by atoms with Crippen molar-refractivity contribution in [1.82, 2.24) is 4.57 Å². The fourth-order valence-corrected chi connectivity index (χ4v) is 1.95. The maximum atomic E-state index is 12.9. The predicted octanol–water partition coefficient (Wildman–Crippen LogP) is 3.10. The van der Waals surface area contributed by atoms with Crippen molar-refractivity contribution in [2.45, 2.75) is 13.5 Å². The van der Waals surface area contributed by atoms with E-state index in [9.17, 15) is 9.18 Å². The molecule has 2 aromatic rings. The Hall–Kier alpha value is -1.81. The minimum atomic E-state index is -0.375. The molecule has 0 radical (unpaired) electrons. The van der Waals surface area contributed by atoms with E-state index in [2.05, 4.69) is 5.32 Å². The first-order valence-electron chi connectivity index (χ1n) is 5.83. The molecule has 0 saturated carbocycles. The molecule has 0 fully saturated rings. The van der Waals surface area contributed by atoms with Crippen LogP contribution in [0.3, 0.4) is 0 Å². The number of halogens is 2. The highest BCUT2D eigenvalue weighted by Gasteiger charge is 2.05. The van der Waals surface area contributed by atoms with Crippen LogP contribution < -0.4 is 10.9 Å². The molecule has 0 bridgehead atoms. The van der Waals surface area contributed by atoms with Gasteiger partial charge in [-0.15, -0.1) is 0 Å². The SMILES string of the molecule is Cc1ccc(NCc2ccc(F)cc2Cl)c(=O)n1C. The molecule has 0 saturated heterocycles. The van der Waals surface area contributed by atoms with E-state index in [0.29, 0.717) is 17.3 Å². The van der Waals surface area contributed by atoms with Crippen molar-refractivity contribution in [3.05, 3.63) is 62.8 Å². The van der Waals surface area contributed by atoms with Gasteiger partial charge in [0, 0.05) is 24.3 Å². The van der Waals surface area contributed by atoms with Crippen molar-refractivity contribution in [3.8, 4) is 0 Å². The molecule has 0 spiro atoms. The van der Waals surface area contributed by atoms with Gasteiger partial charge in [-0.3, -0.25) is 4.79 Å². The molecular weight excluding hydrogens is 267 g/mol. The summed E-state index contributed by atoms with van der Waals surface area (Å²) < 4.78 is 14.5. The number of aryl methyl sites for hydroxylation is 1. The minimum absolute atomic E-state index is 0.0989. The van der Waals surface area contributed by atoms with Gasteiger partial charge in [0.15, 0.2) is 0 Å². The van der Waals surface area contributed by atoms with Crippen molar-refractivity contribution in [2.24, 2.45) is 7.05 Å². The normalized spacial score (nSPS) is 10.5. The van der Waals surface area contributed by atoms with Crippen LogP contribution >= 0.6 is 11.6 Å². The molecule has 2 rings (SSSR count). The number of hydrogen-bond acceptors (Lipinski definition) is 2. The smallest absolute Gasteiger partial charge is 0.273 e. The number of nitrogens with zero attached hydrogens (tertiary/aromatic N) is 1. The summed E-state index contributed by atoms with van der Waals surface area (Å²) in [6.45, 7) is 2.24. The van der Waals surface area contributed by atoms with Crippen molar-refractivity contribution >= 4 is 17.3 Å². The summed E-state index contributed by atoms with van der Waals surface area (Å²) in [5, 5.41) is 3.36.